The number of carbonyl (C=O) groups excluding carboxylic acids is 1. The third-order valence-corrected chi connectivity index (χ3v) is 2.98. The van der Waals surface area contributed by atoms with Gasteiger partial charge in [0.15, 0.2) is 0 Å². The van der Waals surface area contributed by atoms with Gasteiger partial charge in [-0.2, -0.15) is 0 Å². The molecule has 0 fully saturated rings. The highest BCUT2D eigenvalue weighted by molar-refractivity contribution is 6.31. The molecule has 88 valence electrons. The third-order valence-electron chi connectivity index (χ3n) is 2.57. The van der Waals surface area contributed by atoms with Crippen LogP contribution in [0.4, 0.5) is 5.69 Å². The van der Waals surface area contributed by atoms with Crippen LogP contribution in [-0.2, 0) is 4.79 Å². The van der Waals surface area contributed by atoms with Crippen LogP contribution in [0.15, 0.2) is 18.2 Å². The normalized spacial score (nSPS) is 12.2. The Balaban J connectivity index is 2.73. The maximum atomic E-state index is 11.8. The zero-order valence-corrected chi connectivity index (χ0v) is 10.3. The fourth-order valence-corrected chi connectivity index (χ4v) is 1.55. The number of rotatable bonds is 4. The highest BCUT2D eigenvalue weighted by atomic mass is 35.5. The summed E-state index contributed by atoms with van der Waals surface area (Å²) in [7, 11) is 0. The smallest absolute Gasteiger partial charge is 0.227 e. The van der Waals surface area contributed by atoms with Gasteiger partial charge in [-0.1, -0.05) is 24.6 Å². The van der Waals surface area contributed by atoms with Gasteiger partial charge in [-0.3, -0.25) is 4.79 Å². The standard InChI is InChI=1S/C12H17ClN2O/c1-8(6-7-14)12(16)15-11-5-3-4-10(13)9(11)2/h3-5,8H,6-7,14H2,1-2H3,(H,15,16). The van der Waals surface area contributed by atoms with Crippen molar-refractivity contribution in [3.8, 4) is 0 Å². The molecule has 0 radical (unpaired) electrons. The largest absolute Gasteiger partial charge is 0.330 e. The third kappa shape index (κ3) is 3.22. The van der Waals surface area contributed by atoms with Crippen LogP contribution in [0, 0.1) is 12.8 Å². The molecule has 1 amide bonds. The van der Waals surface area contributed by atoms with Crippen LogP contribution < -0.4 is 11.1 Å². The molecule has 1 rings (SSSR count). The quantitative estimate of drug-likeness (QED) is 0.850. The molecule has 16 heavy (non-hydrogen) atoms. The van der Waals surface area contributed by atoms with Crippen LogP contribution in [0.1, 0.15) is 18.9 Å². The first-order chi connectivity index (χ1) is 7.56. The summed E-state index contributed by atoms with van der Waals surface area (Å²) < 4.78 is 0. The van der Waals surface area contributed by atoms with Gasteiger partial charge >= 0.3 is 0 Å². The lowest BCUT2D eigenvalue weighted by molar-refractivity contribution is -0.119. The summed E-state index contributed by atoms with van der Waals surface area (Å²) in [5.74, 6) is -0.0980. The van der Waals surface area contributed by atoms with E-state index in [2.05, 4.69) is 5.32 Å². The van der Waals surface area contributed by atoms with Gasteiger partial charge in [0.1, 0.15) is 0 Å². The predicted octanol–water partition coefficient (Wildman–Crippen LogP) is 2.57. The number of amides is 1. The van der Waals surface area contributed by atoms with Crippen molar-refractivity contribution in [2.24, 2.45) is 11.7 Å². The average molecular weight is 241 g/mol. The van der Waals surface area contributed by atoms with Gasteiger partial charge < -0.3 is 11.1 Å². The highest BCUT2D eigenvalue weighted by Gasteiger charge is 2.13. The minimum Gasteiger partial charge on any atom is -0.330 e. The van der Waals surface area contributed by atoms with E-state index in [1.165, 1.54) is 0 Å². The minimum atomic E-state index is -0.0802. The van der Waals surface area contributed by atoms with E-state index < -0.39 is 0 Å². The Kier molecular flexibility index (Phi) is 4.77. The lowest BCUT2D eigenvalue weighted by atomic mass is 10.1. The molecule has 3 nitrogen and oxygen atoms in total. The predicted molar refractivity (Wildman–Crippen MR) is 67.7 cm³/mol. The zero-order chi connectivity index (χ0) is 12.1. The molecule has 0 aliphatic carbocycles. The summed E-state index contributed by atoms with van der Waals surface area (Å²) in [6, 6.07) is 5.46. The summed E-state index contributed by atoms with van der Waals surface area (Å²) in [5, 5.41) is 3.51. The molecular formula is C12H17ClN2O. The maximum absolute atomic E-state index is 11.8. The maximum Gasteiger partial charge on any atom is 0.227 e. The SMILES string of the molecule is Cc1c(Cl)cccc1NC(=O)C(C)CCN. The Bertz CT molecular complexity index is 379. The van der Waals surface area contributed by atoms with E-state index in [-0.39, 0.29) is 11.8 Å². The average Bonchev–Trinajstić information content (AvgIpc) is 2.25. The summed E-state index contributed by atoms with van der Waals surface area (Å²) >= 11 is 5.97. The molecule has 0 spiro atoms. The number of hydrogen-bond acceptors (Lipinski definition) is 2. The van der Waals surface area contributed by atoms with Crippen LogP contribution in [0.3, 0.4) is 0 Å². The second-order valence-electron chi connectivity index (χ2n) is 3.88. The molecular weight excluding hydrogens is 224 g/mol. The van der Waals surface area contributed by atoms with Crippen LogP contribution in [0.2, 0.25) is 5.02 Å². The summed E-state index contributed by atoms with van der Waals surface area (Å²) in [6.45, 7) is 4.26. The van der Waals surface area contributed by atoms with E-state index in [4.69, 9.17) is 17.3 Å². The first-order valence-electron chi connectivity index (χ1n) is 5.32. The lowest BCUT2D eigenvalue weighted by Crippen LogP contribution is -2.23. The van der Waals surface area contributed by atoms with Gasteiger partial charge in [-0.05, 0) is 37.6 Å². The Labute approximate surface area is 101 Å². The molecule has 0 saturated heterocycles. The Morgan fingerprint density at radius 1 is 1.56 bits per heavy atom. The highest BCUT2D eigenvalue weighted by Crippen LogP contribution is 2.23. The minimum absolute atomic E-state index is 0.0178. The van der Waals surface area contributed by atoms with Crippen molar-refractivity contribution in [2.75, 3.05) is 11.9 Å². The molecule has 0 bridgehead atoms. The van der Waals surface area contributed by atoms with Gasteiger partial charge in [-0.15, -0.1) is 0 Å². The van der Waals surface area contributed by atoms with E-state index in [0.717, 1.165) is 11.3 Å². The van der Waals surface area contributed by atoms with Gasteiger partial charge in [0.2, 0.25) is 5.91 Å². The Hall–Kier alpha value is -1.06. The van der Waals surface area contributed by atoms with E-state index in [0.29, 0.717) is 18.0 Å². The number of anilines is 1. The monoisotopic (exact) mass is 240 g/mol. The number of nitrogens with one attached hydrogen (secondary N) is 1. The molecule has 1 atom stereocenters. The number of benzene rings is 1. The second kappa shape index (κ2) is 5.87. The topological polar surface area (TPSA) is 55.1 Å². The van der Waals surface area contributed by atoms with Gasteiger partial charge in [-0.25, -0.2) is 0 Å². The van der Waals surface area contributed by atoms with Crippen molar-refractivity contribution >= 4 is 23.2 Å². The van der Waals surface area contributed by atoms with Crippen LogP contribution in [-0.4, -0.2) is 12.5 Å². The van der Waals surface area contributed by atoms with Crippen molar-refractivity contribution in [3.63, 3.8) is 0 Å². The molecule has 0 saturated carbocycles. The molecule has 4 heteroatoms. The van der Waals surface area contributed by atoms with E-state index in [9.17, 15) is 4.79 Å². The van der Waals surface area contributed by atoms with Crippen LogP contribution >= 0.6 is 11.6 Å². The van der Waals surface area contributed by atoms with Crippen molar-refractivity contribution in [2.45, 2.75) is 20.3 Å². The molecule has 0 aliphatic rings. The van der Waals surface area contributed by atoms with Crippen molar-refractivity contribution in [3.05, 3.63) is 28.8 Å². The summed E-state index contributed by atoms with van der Waals surface area (Å²) in [4.78, 5) is 11.8. The van der Waals surface area contributed by atoms with Crippen molar-refractivity contribution < 1.29 is 4.79 Å². The zero-order valence-electron chi connectivity index (χ0n) is 9.59. The van der Waals surface area contributed by atoms with Crippen LogP contribution in [0.25, 0.3) is 0 Å². The second-order valence-corrected chi connectivity index (χ2v) is 4.29. The first kappa shape index (κ1) is 13.0. The molecule has 0 aliphatic heterocycles. The molecule has 0 aromatic heterocycles. The Morgan fingerprint density at radius 2 is 2.25 bits per heavy atom. The fraction of sp³-hybridized carbons (Fsp3) is 0.417. The summed E-state index contributed by atoms with van der Waals surface area (Å²) in [5.41, 5.74) is 7.07. The fourth-order valence-electron chi connectivity index (χ4n) is 1.38. The first-order valence-corrected chi connectivity index (χ1v) is 5.70. The molecule has 1 aromatic carbocycles. The number of hydrogen-bond donors (Lipinski definition) is 2. The Morgan fingerprint density at radius 3 is 2.88 bits per heavy atom. The van der Waals surface area contributed by atoms with Gasteiger partial charge in [0, 0.05) is 16.6 Å². The van der Waals surface area contributed by atoms with Gasteiger partial charge in [0.05, 0.1) is 0 Å². The number of carbonyl (C=O) groups is 1. The van der Waals surface area contributed by atoms with E-state index >= 15 is 0 Å². The van der Waals surface area contributed by atoms with Gasteiger partial charge in [0.25, 0.3) is 0 Å². The molecule has 0 heterocycles. The number of halogens is 1. The van der Waals surface area contributed by atoms with Crippen LogP contribution in [0.5, 0.6) is 0 Å². The van der Waals surface area contributed by atoms with Crippen molar-refractivity contribution in [1.29, 1.82) is 0 Å². The number of nitrogens with two attached hydrogens (primary N) is 1. The van der Waals surface area contributed by atoms with Crippen molar-refractivity contribution in [1.82, 2.24) is 0 Å². The summed E-state index contributed by atoms with van der Waals surface area (Å²) in [6.07, 6.45) is 0.686. The lowest BCUT2D eigenvalue weighted by Gasteiger charge is -2.13. The molecule has 3 N–H and O–H groups in total. The van der Waals surface area contributed by atoms with E-state index in [1.807, 2.05) is 26.0 Å². The molecule has 1 unspecified atom stereocenters. The van der Waals surface area contributed by atoms with E-state index in [1.54, 1.807) is 6.07 Å². The molecule has 1 aromatic rings.